The van der Waals surface area contributed by atoms with Crippen molar-refractivity contribution in [2.75, 3.05) is 0 Å². The average Bonchev–Trinajstić information content (AvgIpc) is 2.47. The minimum absolute atomic E-state index is 0. The molecule has 0 aliphatic rings. The van der Waals surface area contributed by atoms with Gasteiger partial charge in [-0.05, 0) is 17.5 Å². The first-order valence-corrected chi connectivity index (χ1v) is 4.07. The molecule has 1 N–H and O–H groups in total. The Morgan fingerprint density at radius 1 is 1.31 bits per heavy atom. The maximum Gasteiger partial charge on any atom is 0.316 e. The molecule has 0 saturated heterocycles. The van der Waals surface area contributed by atoms with E-state index in [1.54, 1.807) is 0 Å². The lowest BCUT2D eigenvalue weighted by atomic mass is 10.2. The van der Waals surface area contributed by atoms with E-state index < -0.39 is 0 Å². The van der Waals surface area contributed by atoms with Crippen LogP contribution in [-0.2, 0) is 6.42 Å². The van der Waals surface area contributed by atoms with Crippen LogP contribution in [0.4, 0.5) is 0 Å². The highest BCUT2D eigenvalue weighted by Crippen LogP contribution is 2.14. The van der Waals surface area contributed by atoms with Crippen LogP contribution >= 0.6 is 0 Å². The van der Waals surface area contributed by atoms with Crippen molar-refractivity contribution in [3.63, 3.8) is 0 Å². The summed E-state index contributed by atoms with van der Waals surface area (Å²) in [6, 6.07) is 10.4. The van der Waals surface area contributed by atoms with Crippen LogP contribution in [0.5, 0.6) is 0 Å². The summed E-state index contributed by atoms with van der Waals surface area (Å²) in [6.07, 6.45) is 2.82. The largest absolute Gasteiger partial charge is 0.358 e. The van der Waals surface area contributed by atoms with E-state index in [-0.39, 0.29) is 23.1 Å². The molecule has 0 saturated carbocycles. The molecule has 1 heterocycles. The van der Waals surface area contributed by atoms with Gasteiger partial charge in [-0.2, -0.15) is 0 Å². The molecular formula is C11H13MgN. The van der Waals surface area contributed by atoms with Gasteiger partial charge in [0.25, 0.3) is 0 Å². The fourth-order valence-corrected chi connectivity index (χ4v) is 1.40. The van der Waals surface area contributed by atoms with Crippen LogP contribution in [0.25, 0.3) is 10.9 Å². The summed E-state index contributed by atoms with van der Waals surface area (Å²) < 4.78 is 0. The summed E-state index contributed by atoms with van der Waals surface area (Å²) in [5.41, 5.74) is 2.43. The van der Waals surface area contributed by atoms with Gasteiger partial charge in [-0.3, -0.25) is 0 Å². The van der Waals surface area contributed by atoms with Crippen molar-refractivity contribution in [2.45, 2.75) is 6.42 Å². The second-order valence-corrected chi connectivity index (χ2v) is 2.87. The second-order valence-electron chi connectivity index (χ2n) is 2.87. The van der Waals surface area contributed by atoms with Gasteiger partial charge in [0.05, 0.1) is 0 Å². The van der Waals surface area contributed by atoms with E-state index >= 15 is 0 Å². The molecule has 0 unspecified atom stereocenters. The Hall–Kier alpha value is -0.734. The Bertz CT molecular complexity index is 370. The number of hydrogen-bond donors (Lipinski definition) is 1. The molecule has 0 atom stereocenters. The lowest BCUT2D eigenvalue weighted by Gasteiger charge is -1.86. The van der Waals surface area contributed by atoms with Crippen LogP contribution in [0.3, 0.4) is 0 Å². The van der Waals surface area contributed by atoms with Crippen LogP contribution < -0.4 is 0 Å². The molecule has 2 aromatic rings. The molecule has 0 bridgehead atoms. The average molecular weight is 184 g/mol. The number of fused-ring (bicyclic) bond motifs is 1. The zero-order chi connectivity index (χ0) is 8.39. The molecular weight excluding hydrogens is 170 g/mol. The molecule has 0 fully saturated rings. The van der Waals surface area contributed by atoms with Gasteiger partial charge < -0.3 is 4.98 Å². The first kappa shape index (κ1) is 10.3. The van der Waals surface area contributed by atoms with Crippen LogP contribution in [0.1, 0.15) is 5.69 Å². The Balaban J connectivity index is 0.000000845. The molecule has 0 amide bonds. The summed E-state index contributed by atoms with van der Waals surface area (Å²) in [5.74, 6) is 0. The van der Waals surface area contributed by atoms with Crippen LogP contribution in [0.15, 0.2) is 43.0 Å². The number of aromatic nitrogens is 1. The van der Waals surface area contributed by atoms with E-state index in [0.29, 0.717) is 0 Å². The standard InChI is InChI=1S/C11H11N.Mg.2H/c1-2-5-10-8-9-6-3-4-7-11(9)12-10;;;/h2-4,6-8,12H,1,5H2;;;. The molecule has 64 valence electrons. The third-order valence-corrected chi connectivity index (χ3v) is 1.95. The number of benzene rings is 1. The van der Waals surface area contributed by atoms with Crippen molar-refractivity contribution in [2.24, 2.45) is 0 Å². The van der Waals surface area contributed by atoms with E-state index in [1.807, 2.05) is 18.2 Å². The predicted octanol–water partition coefficient (Wildman–Crippen LogP) is 1.98. The van der Waals surface area contributed by atoms with E-state index in [4.69, 9.17) is 0 Å². The van der Waals surface area contributed by atoms with E-state index in [9.17, 15) is 0 Å². The molecule has 1 aromatic heterocycles. The molecule has 2 rings (SSSR count). The van der Waals surface area contributed by atoms with Crippen molar-refractivity contribution in [3.8, 4) is 0 Å². The molecule has 0 aliphatic carbocycles. The van der Waals surface area contributed by atoms with Crippen molar-refractivity contribution >= 4 is 34.0 Å². The van der Waals surface area contributed by atoms with Gasteiger partial charge in [0.15, 0.2) is 0 Å². The molecule has 1 aromatic carbocycles. The molecule has 0 radical (unpaired) electrons. The normalized spacial score (nSPS) is 9.54. The highest BCUT2D eigenvalue weighted by atomic mass is 24.3. The maximum atomic E-state index is 3.71. The summed E-state index contributed by atoms with van der Waals surface area (Å²) >= 11 is 0. The zero-order valence-electron chi connectivity index (χ0n) is 6.88. The minimum Gasteiger partial charge on any atom is -0.358 e. The van der Waals surface area contributed by atoms with Gasteiger partial charge in [0.1, 0.15) is 0 Å². The van der Waals surface area contributed by atoms with Crippen LogP contribution in [-0.4, -0.2) is 28.0 Å². The van der Waals surface area contributed by atoms with Crippen molar-refractivity contribution in [3.05, 3.63) is 48.7 Å². The molecule has 1 nitrogen and oxygen atoms in total. The van der Waals surface area contributed by atoms with Gasteiger partial charge in [-0.25, -0.2) is 0 Å². The van der Waals surface area contributed by atoms with Crippen LogP contribution in [0, 0.1) is 0 Å². The van der Waals surface area contributed by atoms with Gasteiger partial charge >= 0.3 is 23.1 Å². The fourth-order valence-electron chi connectivity index (χ4n) is 1.40. The quantitative estimate of drug-likeness (QED) is 0.541. The number of rotatable bonds is 2. The molecule has 2 heteroatoms. The van der Waals surface area contributed by atoms with Gasteiger partial charge in [-0.15, -0.1) is 6.58 Å². The SMILES string of the molecule is C=CCc1cc2ccccc2[nH]1.[MgH2]. The number of nitrogens with one attached hydrogen (secondary N) is 1. The molecule has 13 heavy (non-hydrogen) atoms. The smallest absolute Gasteiger partial charge is 0.316 e. The summed E-state index contributed by atoms with van der Waals surface area (Å²) in [5, 5.41) is 1.27. The third kappa shape index (κ3) is 2.14. The number of para-hydroxylation sites is 1. The first-order valence-electron chi connectivity index (χ1n) is 4.07. The number of allylic oxidation sites excluding steroid dienone is 1. The van der Waals surface area contributed by atoms with Crippen LogP contribution in [0.2, 0.25) is 0 Å². The Kier molecular flexibility index (Phi) is 3.57. The maximum absolute atomic E-state index is 3.71. The summed E-state index contributed by atoms with van der Waals surface area (Å²) in [7, 11) is 0. The summed E-state index contributed by atoms with van der Waals surface area (Å²) in [4.78, 5) is 3.33. The highest BCUT2D eigenvalue weighted by Gasteiger charge is 1.96. The van der Waals surface area contributed by atoms with E-state index in [2.05, 4.69) is 29.8 Å². The first-order chi connectivity index (χ1) is 5.90. The second kappa shape index (κ2) is 4.49. The number of hydrogen-bond acceptors (Lipinski definition) is 0. The van der Waals surface area contributed by atoms with Gasteiger partial charge in [0.2, 0.25) is 0 Å². The Labute approximate surface area is 94.0 Å². The van der Waals surface area contributed by atoms with Gasteiger partial charge in [-0.1, -0.05) is 24.3 Å². The van der Waals surface area contributed by atoms with Crippen molar-refractivity contribution in [1.29, 1.82) is 0 Å². The fraction of sp³-hybridized carbons (Fsp3) is 0.0909. The lowest BCUT2D eigenvalue weighted by Crippen LogP contribution is -1.76. The topological polar surface area (TPSA) is 15.8 Å². The Morgan fingerprint density at radius 3 is 2.77 bits per heavy atom. The lowest BCUT2D eigenvalue weighted by molar-refractivity contribution is 1.17. The van der Waals surface area contributed by atoms with E-state index in [0.717, 1.165) is 6.42 Å². The molecule has 0 aliphatic heterocycles. The number of aromatic amines is 1. The minimum atomic E-state index is 0. The number of H-pyrrole nitrogens is 1. The monoisotopic (exact) mass is 183 g/mol. The highest BCUT2D eigenvalue weighted by molar-refractivity contribution is 5.80. The van der Waals surface area contributed by atoms with E-state index in [1.165, 1.54) is 16.6 Å². The van der Waals surface area contributed by atoms with Gasteiger partial charge in [0, 0.05) is 17.6 Å². The summed E-state index contributed by atoms with van der Waals surface area (Å²) in [6.45, 7) is 3.71. The molecule has 0 spiro atoms. The zero-order valence-corrected chi connectivity index (χ0v) is 6.88. The third-order valence-electron chi connectivity index (χ3n) is 1.95. The van der Waals surface area contributed by atoms with Crippen molar-refractivity contribution in [1.82, 2.24) is 4.98 Å². The predicted molar refractivity (Wildman–Crippen MR) is 60.7 cm³/mol. The Morgan fingerprint density at radius 2 is 2.08 bits per heavy atom. The van der Waals surface area contributed by atoms with Crippen molar-refractivity contribution < 1.29 is 0 Å².